The van der Waals surface area contributed by atoms with Crippen LogP contribution < -0.4 is 0 Å². The lowest BCUT2D eigenvalue weighted by Gasteiger charge is -2.39. The Balaban J connectivity index is 2.43. The lowest BCUT2D eigenvalue weighted by Crippen LogP contribution is -2.47. The van der Waals surface area contributed by atoms with Gasteiger partial charge in [0.15, 0.2) is 0 Å². The molecule has 1 heterocycles. The number of likely N-dealkylation sites (tertiary alicyclic amines) is 1. The molecule has 0 aliphatic carbocycles. The molecule has 1 aliphatic heterocycles. The average Bonchev–Trinajstić information content (AvgIpc) is 2.11. The molecular weight excluding hydrogens is 162 g/mol. The summed E-state index contributed by atoms with van der Waals surface area (Å²) in [7, 11) is 0. The Kier molecular flexibility index (Phi) is 4.20. The minimum atomic E-state index is -0.136. The molecule has 0 saturated carbocycles. The van der Waals surface area contributed by atoms with Crippen molar-refractivity contribution in [2.45, 2.75) is 64.6 Å². The van der Waals surface area contributed by atoms with Crippen LogP contribution in [-0.4, -0.2) is 34.7 Å². The van der Waals surface area contributed by atoms with Crippen LogP contribution in [0.3, 0.4) is 0 Å². The molecule has 0 unspecified atom stereocenters. The lowest BCUT2D eigenvalue weighted by molar-refractivity contribution is 0.0403. The number of piperidine rings is 1. The van der Waals surface area contributed by atoms with Crippen molar-refractivity contribution in [3.8, 4) is 0 Å². The van der Waals surface area contributed by atoms with E-state index in [0.717, 1.165) is 13.0 Å². The molecule has 0 spiro atoms. The Morgan fingerprint density at radius 2 is 1.85 bits per heavy atom. The van der Waals surface area contributed by atoms with Crippen molar-refractivity contribution in [3.05, 3.63) is 0 Å². The Morgan fingerprint density at radius 3 is 2.31 bits per heavy atom. The molecule has 1 saturated heterocycles. The molecule has 1 N–H and O–H groups in total. The number of aliphatic hydroxyl groups is 1. The number of β-amino-alcohol motifs (C(OH)–C–C–N with tert-alkyl or cyclic N) is 1. The summed E-state index contributed by atoms with van der Waals surface area (Å²) in [4.78, 5) is 2.46. The van der Waals surface area contributed by atoms with E-state index >= 15 is 0 Å². The number of aliphatic hydroxyl groups excluding tert-OH is 1. The molecular formula is C11H23NO. The Hall–Kier alpha value is -0.0800. The van der Waals surface area contributed by atoms with Crippen molar-refractivity contribution in [3.63, 3.8) is 0 Å². The van der Waals surface area contributed by atoms with Crippen LogP contribution in [0.1, 0.15) is 46.5 Å². The van der Waals surface area contributed by atoms with Crippen LogP contribution >= 0.6 is 0 Å². The van der Waals surface area contributed by atoms with E-state index in [1.54, 1.807) is 0 Å². The van der Waals surface area contributed by atoms with Crippen LogP contribution in [0.2, 0.25) is 0 Å². The zero-order valence-electron chi connectivity index (χ0n) is 9.16. The minimum Gasteiger partial charge on any atom is -0.392 e. The third-order valence-electron chi connectivity index (χ3n) is 3.27. The molecule has 78 valence electrons. The number of rotatable bonds is 3. The monoisotopic (exact) mass is 185 g/mol. The van der Waals surface area contributed by atoms with Gasteiger partial charge in [0.05, 0.1) is 6.10 Å². The molecule has 2 heteroatoms. The Morgan fingerprint density at radius 1 is 1.31 bits per heavy atom. The van der Waals surface area contributed by atoms with E-state index in [1.165, 1.54) is 19.3 Å². The Labute approximate surface area is 81.9 Å². The van der Waals surface area contributed by atoms with Crippen molar-refractivity contribution in [1.29, 1.82) is 0 Å². The first-order chi connectivity index (χ1) is 6.15. The van der Waals surface area contributed by atoms with Crippen molar-refractivity contribution < 1.29 is 5.11 Å². The van der Waals surface area contributed by atoms with Gasteiger partial charge in [0.2, 0.25) is 0 Å². The van der Waals surface area contributed by atoms with Crippen LogP contribution in [0.15, 0.2) is 0 Å². The number of hydrogen-bond donors (Lipinski definition) is 1. The number of nitrogens with zero attached hydrogens (tertiary/aromatic N) is 1. The molecule has 0 aromatic carbocycles. The molecule has 0 bridgehead atoms. The maximum Gasteiger partial charge on any atom is 0.0664 e. The highest BCUT2D eigenvalue weighted by atomic mass is 16.3. The van der Waals surface area contributed by atoms with Gasteiger partial charge in [0.1, 0.15) is 0 Å². The summed E-state index contributed by atoms with van der Waals surface area (Å²) < 4.78 is 0. The van der Waals surface area contributed by atoms with Crippen LogP contribution in [-0.2, 0) is 0 Å². The van der Waals surface area contributed by atoms with E-state index in [9.17, 15) is 5.11 Å². The van der Waals surface area contributed by atoms with Crippen LogP contribution in [0.5, 0.6) is 0 Å². The second-order valence-electron chi connectivity index (χ2n) is 4.39. The SMILES string of the molecule is CC[C@H](O)CN1[C@H](C)CCC[C@H]1C. The van der Waals surface area contributed by atoms with Gasteiger partial charge in [-0.1, -0.05) is 13.3 Å². The standard InChI is InChI=1S/C11H23NO/c1-4-11(13)8-12-9(2)6-5-7-10(12)3/h9-11,13H,4-8H2,1-3H3/t9-,10-,11+/m1/s1. The summed E-state index contributed by atoms with van der Waals surface area (Å²) in [5.41, 5.74) is 0. The van der Waals surface area contributed by atoms with Gasteiger partial charge in [-0.15, -0.1) is 0 Å². The second-order valence-corrected chi connectivity index (χ2v) is 4.39. The number of hydrogen-bond acceptors (Lipinski definition) is 2. The van der Waals surface area contributed by atoms with Crippen LogP contribution in [0.4, 0.5) is 0 Å². The fraction of sp³-hybridized carbons (Fsp3) is 1.00. The topological polar surface area (TPSA) is 23.5 Å². The van der Waals surface area contributed by atoms with Crippen LogP contribution in [0.25, 0.3) is 0 Å². The largest absolute Gasteiger partial charge is 0.392 e. The third kappa shape index (κ3) is 2.96. The van der Waals surface area contributed by atoms with Gasteiger partial charge in [-0.2, -0.15) is 0 Å². The summed E-state index contributed by atoms with van der Waals surface area (Å²) in [6.07, 6.45) is 4.67. The summed E-state index contributed by atoms with van der Waals surface area (Å²) >= 11 is 0. The highest BCUT2D eigenvalue weighted by Gasteiger charge is 2.25. The van der Waals surface area contributed by atoms with Gasteiger partial charge in [0, 0.05) is 18.6 Å². The van der Waals surface area contributed by atoms with E-state index in [-0.39, 0.29) is 6.10 Å². The van der Waals surface area contributed by atoms with Gasteiger partial charge >= 0.3 is 0 Å². The van der Waals surface area contributed by atoms with Gasteiger partial charge < -0.3 is 5.11 Å². The van der Waals surface area contributed by atoms with Gasteiger partial charge in [-0.05, 0) is 33.1 Å². The third-order valence-corrected chi connectivity index (χ3v) is 3.27. The predicted molar refractivity (Wildman–Crippen MR) is 55.8 cm³/mol. The smallest absolute Gasteiger partial charge is 0.0664 e. The highest BCUT2D eigenvalue weighted by molar-refractivity contribution is 4.80. The molecule has 0 aromatic rings. The lowest BCUT2D eigenvalue weighted by atomic mass is 9.97. The van der Waals surface area contributed by atoms with Gasteiger partial charge in [-0.25, -0.2) is 0 Å². The Bertz CT molecular complexity index is 139. The van der Waals surface area contributed by atoms with E-state index in [0.29, 0.717) is 12.1 Å². The fourth-order valence-electron chi connectivity index (χ4n) is 2.21. The quantitative estimate of drug-likeness (QED) is 0.727. The molecule has 1 fully saturated rings. The van der Waals surface area contributed by atoms with E-state index in [1.807, 2.05) is 6.92 Å². The summed E-state index contributed by atoms with van der Waals surface area (Å²) in [5.74, 6) is 0. The molecule has 3 atom stereocenters. The van der Waals surface area contributed by atoms with Crippen LogP contribution in [0, 0.1) is 0 Å². The predicted octanol–water partition coefficient (Wildman–Crippen LogP) is 2.02. The fourth-order valence-corrected chi connectivity index (χ4v) is 2.21. The first-order valence-electron chi connectivity index (χ1n) is 5.59. The van der Waals surface area contributed by atoms with Gasteiger partial charge in [0.25, 0.3) is 0 Å². The van der Waals surface area contributed by atoms with E-state index in [2.05, 4.69) is 18.7 Å². The molecule has 2 nitrogen and oxygen atoms in total. The normalized spacial score (nSPS) is 33.2. The molecule has 1 aliphatic rings. The summed E-state index contributed by atoms with van der Waals surface area (Å²) in [6, 6.07) is 1.31. The van der Waals surface area contributed by atoms with Crippen molar-refractivity contribution in [2.24, 2.45) is 0 Å². The minimum absolute atomic E-state index is 0.136. The summed E-state index contributed by atoms with van der Waals surface area (Å²) in [6.45, 7) is 7.46. The van der Waals surface area contributed by atoms with E-state index < -0.39 is 0 Å². The maximum absolute atomic E-state index is 9.60. The average molecular weight is 185 g/mol. The van der Waals surface area contributed by atoms with E-state index in [4.69, 9.17) is 0 Å². The van der Waals surface area contributed by atoms with Crippen molar-refractivity contribution >= 4 is 0 Å². The molecule has 0 aromatic heterocycles. The maximum atomic E-state index is 9.60. The molecule has 0 amide bonds. The molecule has 1 rings (SSSR count). The second kappa shape index (κ2) is 4.97. The zero-order valence-corrected chi connectivity index (χ0v) is 9.16. The van der Waals surface area contributed by atoms with Gasteiger partial charge in [-0.3, -0.25) is 4.90 Å². The summed E-state index contributed by atoms with van der Waals surface area (Å²) in [5, 5.41) is 9.60. The highest BCUT2D eigenvalue weighted by Crippen LogP contribution is 2.22. The first-order valence-corrected chi connectivity index (χ1v) is 5.59. The molecule has 0 radical (unpaired) electrons. The molecule has 13 heavy (non-hydrogen) atoms. The first kappa shape index (κ1) is 11.0. The van der Waals surface area contributed by atoms with Crippen molar-refractivity contribution in [2.75, 3.05) is 6.54 Å². The zero-order chi connectivity index (χ0) is 9.84. The van der Waals surface area contributed by atoms with Crippen molar-refractivity contribution in [1.82, 2.24) is 4.90 Å².